The zero-order valence-electron chi connectivity index (χ0n) is 7.88. The third kappa shape index (κ3) is 2.05. The van der Waals surface area contributed by atoms with E-state index in [4.69, 9.17) is 17.3 Å². The molecule has 1 aromatic rings. The zero-order chi connectivity index (χ0) is 10.8. The second-order valence-electron chi connectivity index (χ2n) is 3.48. The lowest BCUT2D eigenvalue weighted by atomic mass is 10.00. The van der Waals surface area contributed by atoms with Crippen molar-refractivity contribution in [2.24, 2.45) is 0 Å². The predicted octanol–water partition coefficient (Wildman–Crippen LogP) is -0.287. The van der Waals surface area contributed by atoms with Gasteiger partial charge in [0.15, 0.2) is 0 Å². The fourth-order valence-corrected chi connectivity index (χ4v) is 1.99. The molecule has 0 amide bonds. The standard InChI is InChI=1S/C7H11N5O2S/c13-6(14)5-3-4(1-2-8-5)12-7(15)9-10-11-12/h4-5,8H,1-3H2,(H,13,14)(H,9,11,15)/t4-,5-/m1/s1. The number of hydrogen-bond donors (Lipinski definition) is 3. The highest BCUT2D eigenvalue weighted by Gasteiger charge is 2.28. The Labute approximate surface area is 90.5 Å². The molecule has 82 valence electrons. The lowest BCUT2D eigenvalue weighted by Gasteiger charge is -2.27. The highest BCUT2D eigenvalue weighted by atomic mass is 32.1. The number of nitrogens with one attached hydrogen (secondary N) is 2. The second kappa shape index (κ2) is 4.07. The van der Waals surface area contributed by atoms with Crippen molar-refractivity contribution in [3.05, 3.63) is 4.77 Å². The quantitative estimate of drug-likeness (QED) is 0.603. The van der Waals surface area contributed by atoms with Crippen molar-refractivity contribution in [1.82, 2.24) is 25.5 Å². The van der Waals surface area contributed by atoms with Crippen LogP contribution in [0.5, 0.6) is 0 Å². The minimum absolute atomic E-state index is 0.0369. The largest absolute Gasteiger partial charge is 0.480 e. The molecule has 1 saturated heterocycles. The van der Waals surface area contributed by atoms with Crippen LogP contribution in [0, 0.1) is 4.77 Å². The molecule has 0 aromatic carbocycles. The van der Waals surface area contributed by atoms with Gasteiger partial charge in [-0.25, -0.2) is 4.68 Å². The summed E-state index contributed by atoms with van der Waals surface area (Å²) in [4.78, 5) is 10.8. The van der Waals surface area contributed by atoms with Crippen LogP contribution in [-0.2, 0) is 4.79 Å². The van der Waals surface area contributed by atoms with Crippen molar-refractivity contribution in [3.63, 3.8) is 0 Å². The number of aliphatic carboxylic acids is 1. The van der Waals surface area contributed by atoms with Crippen LogP contribution in [-0.4, -0.2) is 43.9 Å². The van der Waals surface area contributed by atoms with Gasteiger partial charge in [-0.1, -0.05) is 10.3 Å². The first-order chi connectivity index (χ1) is 7.18. The number of H-pyrrole nitrogens is 1. The summed E-state index contributed by atoms with van der Waals surface area (Å²) in [5, 5.41) is 21.7. The number of aromatic nitrogens is 4. The van der Waals surface area contributed by atoms with Gasteiger partial charge in [-0.05, 0) is 31.6 Å². The number of hydrogen-bond acceptors (Lipinski definition) is 5. The SMILES string of the molecule is O=C(O)[C@H]1C[C@H](n2[nH]nnc2=S)CCN1. The van der Waals surface area contributed by atoms with E-state index in [1.807, 2.05) is 0 Å². The van der Waals surface area contributed by atoms with Crippen molar-refractivity contribution >= 4 is 18.2 Å². The van der Waals surface area contributed by atoms with Gasteiger partial charge < -0.3 is 10.4 Å². The summed E-state index contributed by atoms with van der Waals surface area (Å²) in [5.74, 6) is -0.835. The third-order valence-electron chi connectivity index (χ3n) is 2.53. The Balaban J connectivity index is 2.14. The maximum Gasteiger partial charge on any atom is 0.320 e. The molecule has 0 radical (unpaired) electrons. The summed E-state index contributed by atoms with van der Waals surface area (Å²) < 4.78 is 2.01. The Morgan fingerprint density at radius 1 is 1.67 bits per heavy atom. The van der Waals surface area contributed by atoms with E-state index in [2.05, 4.69) is 20.8 Å². The molecule has 0 bridgehead atoms. The Morgan fingerprint density at radius 3 is 3.07 bits per heavy atom. The van der Waals surface area contributed by atoms with E-state index in [1.165, 1.54) is 0 Å². The number of piperidine rings is 1. The van der Waals surface area contributed by atoms with Crippen LogP contribution < -0.4 is 5.32 Å². The number of carboxylic acids is 1. The van der Waals surface area contributed by atoms with Gasteiger partial charge in [-0.3, -0.25) is 4.79 Å². The second-order valence-corrected chi connectivity index (χ2v) is 3.84. The van der Waals surface area contributed by atoms with E-state index in [0.717, 1.165) is 6.42 Å². The lowest BCUT2D eigenvalue weighted by molar-refractivity contribution is -0.140. The number of aromatic amines is 1. The molecule has 0 aliphatic carbocycles. The molecule has 15 heavy (non-hydrogen) atoms. The van der Waals surface area contributed by atoms with Crippen LogP contribution in [0.1, 0.15) is 18.9 Å². The van der Waals surface area contributed by atoms with E-state index in [0.29, 0.717) is 17.7 Å². The molecule has 1 fully saturated rings. The molecule has 2 atom stereocenters. The summed E-state index contributed by atoms with van der Waals surface area (Å²) in [7, 11) is 0. The Kier molecular flexibility index (Phi) is 2.78. The van der Waals surface area contributed by atoms with Gasteiger partial charge in [0.1, 0.15) is 6.04 Å². The molecule has 0 saturated carbocycles. The predicted molar refractivity (Wildman–Crippen MR) is 52.9 cm³/mol. The molecule has 7 nitrogen and oxygen atoms in total. The number of carbonyl (C=O) groups is 1. The van der Waals surface area contributed by atoms with Crippen LogP contribution in [0.4, 0.5) is 0 Å². The molecule has 2 rings (SSSR count). The van der Waals surface area contributed by atoms with E-state index >= 15 is 0 Å². The average molecular weight is 229 g/mol. The molecular formula is C7H11N5O2S. The van der Waals surface area contributed by atoms with Gasteiger partial charge in [-0.2, -0.15) is 5.21 Å². The fraction of sp³-hybridized carbons (Fsp3) is 0.714. The summed E-state index contributed by atoms with van der Waals surface area (Å²) in [6.07, 6.45) is 1.31. The summed E-state index contributed by atoms with van der Waals surface area (Å²) in [6.45, 7) is 0.655. The van der Waals surface area contributed by atoms with Gasteiger partial charge in [0.05, 0.1) is 6.04 Å². The van der Waals surface area contributed by atoms with Crippen molar-refractivity contribution in [2.75, 3.05) is 6.54 Å². The molecule has 1 aliphatic rings. The molecule has 0 spiro atoms. The molecule has 2 heterocycles. The first kappa shape index (κ1) is 10.2. The average Bonchev–Trinajstić information content (AvgIpc) is 2.64. The Bertz CT molecular complexity index is 414. The monoisotopic (exact) mass is 229 g/mol. The highest BCUT2D eigenvalue weighted by molar-refractivity contribution is 7.71. The number of tetrazole rings is 1. The fourth-order valence-electron chi connectivity index (χ4n) is 1.76. The molecule has 3 N–H and O–H groups in total. The smallest absolute Gasteiger partial charge is 0.320 e. The van der Waals surface area contributed by atoms with Gasteiger partial charge in [0, 0.05) is 0 Å². The maximum atomic E-state index is 10.8. The van der Waals surface area contributed by atoms with Gasteiger partial charge in [-0.15, -0.1) is 0 Å². The van der Waals surface area contributed by atoms with Gasteiger partial charge >= 0.3 is 5.97 Å². The normalized spacial score (nSPS) is 26.4. The van der Waals surface area contributed by atoms with E-state index in [-0.39, 0.29) is 6.04 Å². The third-order valence-corrected chi connectivity index (χ3v) is 2.81. The molecule has 8 heteroatoms. The molecule has 1 aromatic heterocycles. The Morgan fingerprint density at radius 2 is 2.47 bits per heavy atom. The van der Waals surface area contributed by atoms with Crippen LogP contribution in [0.3, 0.4) is 0 Å². The van der Waals surface area contributed by atoms with Gasteiger partial charge in [0.2, 0.25) is 4.77 Å². The van der Waals surface area contributed by atoms with Crippen molar-refractivity contribution in [2.45, 2.75) is 24.9 Å². The van der Waals surface area contributed by atoms with Crippen molar-refractivity contribution in [1.29, 1.82) is 0 Å². The maximum absolute atomic E-state index is 10.8. The molecule has 1 aliphatic heterocycles. The number of nitrogens with zero attached hydrogens (tertiary/aromatic N) is 3. The number of rotatable bonds is 2. The first-order valence-electron chi connectivity index (χ1n) is 4.64. The minimum atomic E-state index is -0.835. The van der Waals surface area contributed by atoms with Crippen LogP contribution in [0.15, 0.2) is 0 Å². The summed E-state index contributed by atoms with van der Waals surface area (Å²) in [5.41, 5.74) is 0. The van der Waals surface area contributed by atoms with Crippen LogP contribution >= 0.6 is 12.2 Å². The van der Waals surface area contributed by atoms with Crippen molar-refractivity contribution in [3.8, 4) is 0 Å². The first-order valence-corrected chi connectivity index (χ1v) is 5.05. The van der Waals surface area contributed by atoms with Crippen LogP contribution in [0.25, 0.3) is 0 Å². The van der Waals surface area contributed by atoms with Crippen LogP contribution in [0.2, 0.25) is 0 Å². The minimum Gasteiger partial charge on any atom is -0.480 e. The van der Waals surface area contributed by atoms with E-state index in [9.17, 15) is 4.79 Å². The zero-order valence-corrected chi connectivity index (χ0v) is 8.70. The van der Waals surface area contributed by atoms with Crippen molar-refractivity contribution < 1.29 is 9.90 Å². The Hall–Kier alpha value is -1.28. The van der Waals surface area contributed by atoms with E-state index in [1.54, 1.807) is 4.68 Å². The molecule has 0 unspecified atom stereocenters. The summed E-state index contributed by atoms with van der Waals surface area (Å²) >= 11 is 4.96. The highest BCUT2D eigenvalue weighted by Crippen LogP contribution is 2.20. The topological polar surface area (TPSA) is 95.8 Å². The number of carboxylic acid groups (broad SMARTS) is 1. The molecular weight excluding hydrogens is 218 g/mol. The lowest BCUT2D eigenvalue weighted by Crippen LogP contribution is -2.44. The van der Waals surface area contributed by atoms with Gasteiger partial charge in [0.25, 0.3) is 0 Å². The van der Waals surface area contributed by atoms with E-state index < -0.39 is 12.0 Å². The summed E-state index contributed by atoms with van der Waals surface area (Å²) in [6, 6.07) is -0.483.